The van der Waals surface area contributed by atoms with Crippen molar-refractivity contribution < 1.29 is 0 Å². The Morgan fingerprint density at radius 1 is 1.57 bits per heavy atom. The van der Waals surface area contributed by atoms with Crippen LogP contribution in [-0.4, -0.2) is 27.5 Å². The molecular formula is C9H12ClN3S. The lowest BCUT2D eigenvalue weighted by atomic mass is 10.1. The predicted molar refractivity (Wildman–Crippen MR) is 60.9 cm³/mol. The second kappa shape index (κ2) is 4.36. The van der Waals surface area contributed by atoms with Crippen molar-refractivity contribution in [3.8, 4) is 0 Å². The van der Waals surface area contributed by atoms with E-state index in [2.05, 4.69) is 22.2 Å². The first-order chi connectivity index (χ1) is 6.75. The molecule has 2 heterocycles. The number of aromatic nitrogens is 2. The Hall–Kier alpha value is -0.480. The number of rotatable bonds is 2. The lowest BCUT2D eigenvalue weighted by Gasteiger charge is -2.16. The first-order valence-corrected chi connectivity index (χ1v) is 6.12. The highest BCUT2D eigenvalue weighted by atomic mass is 35.5. The number of hydrogen-bond donors (Lipinski definition) is 1. The van der Waals surface area contributed by atoms with Gasteiger partial charge in [-0.05, 0) is 29.3 Å². The molecule has 1 N–H and O–H groups in total. The largest absolute Gasteiger partial charge is 0.366 e. The van der Waals surface area contributed by atoms with Gasteiger partial charge in [-0.3, -0.25) is 0 Å². The highest BCUT2D eigenvalue weighted by molar-refractivity contribution is 7.99. The van der Waals surface area contributed by atoms with Crippen LogP contribution in [0.1, 0.15) is 6.92 Å². The van der Waals surface area contributed by atoms with Gasteiger partial charge in [-0.25, -0.2) is 9.97 Å². The molecule has 5 heteroatoms. The fourth-order valence-corrected chi connectivity index (χ4v) is 3.00. The zero-order valence-corrected chi connectivity index (χ0v) is 9.48. The predicted octanol–water partition coefficient (Wildman–Crippen LogP) is 2.29. The highest BCUT2D eigenvalue weighted by Gasteiger charge is 2.23. The van der Waals surface area contributed by atoms with Gasteiger partial charge in [0, 0.05) is 18.0 Å². The summed E-state index contributed by atoms with van der Waals surface area (Å²) in [5, 5.41) is 3.67. The summed E-state index contributed by atoms with van der Waals surface area (Å²) in [6.07, 6.45) is 1.67. The van der Waals surface area contributed by atoms with E-state index in [1.54, 1.807) is 6.20 Å². The van der Waals surface area contributed by atoms with Gasteiger partial charge in [0.1, 0.15) is 5.82 Å². The Balaban J connectivity index is 2.03. The van der Waals surface area contributed by atoms with Crippen molar-refractivity contribution in [3.05, 3.63) is 17.5 Å². The Morgan fingerprint density at radius 2 is 2.43 bits per heavy atom. The lowest BCUT2D eigenvalue weighted by Crippen LogP contribution is -2.26. The highest BCUT2D eigenvalue weighted by Crippen LogP contribution is 2.26. The van der Waals surface area contributed by atoms with E-state index in [0.717, 1.165) is 11.6 Å². The molecule has 1 saturated heterocycles. The number of halogens is 1. The normalized spacial score (nSPS) is 26.4. The van der Waals surface area contributed by atoms with E-state index < -0.39 is 0 Å². The Labute approximate surface area is 92.7 Å². The van der Waals surface area contributed by atoms with E-state index in [1.807, 2.05) is 17.8 Å². The average Bonchev–Trinajstić information content (AvgIpc) is 2.52. The molecule has 0 saturated carbocycles. The minimum Gasteiger partial charge on any atom is -0.366 e. The van der Waals surface area contributed by atoms with Crippen molar-refractivity contribution in [2.75, 3.05) is 16.8 Å². The summed E-state index contributed by atoms with van der Waals surface area (Å²) < 4.78 is 0. The van der Waals surface area contributed by atoms with Crippen LogP contribution in [0, 0.1) is 5.92 Å². The van der Waals surface area contributed by atoms with E-state index >= 15 is 0 Å². The molecular weight excluding hydrogens is 218 g/mol. The van der Waals surface area contributed by atoms with Crippen molar-refractivity contribution in [1.82, 2.24) is 9.97 Å². The summed E-state index contributed by atoms with van der Waals surface area (Å²) in [6, 6.07) is 2.35. The second-order valence-electron chi connectivity index (χ2n) is 3.48. The van der Waals surface area contributed by atoms with Gasteiger partial charge in [-0.1, -0.05) is 6.92 Å². The van der Waals surface area contributed by atoms with Crippen LogP contribution in [0.2, 0.25) is 5.28 Å². The first kappa shape index (κ1) is 10.1. The zero-order valence-electron chi connectivity index (χ0n) is 7.90. The van der Waals surface area contributed by atoms with E-state index in [-0.39, 0.29) is 0 Å². The molecule has 0 spiro atoms. The van der Waals surface area contributed by atoms with Crippen molar-refractivity contribution in [2.24, 2.45) is 5.92 Å². The fourth-order valence-electron chi connectivity index (χ4n) is 1.45. The van der Waals surface area contributed by atoms with Gasteiger partial charge in [-0.15, -0.1) is 0 Å². The molecule has 76 valence electrons. The Kier molecular flexibility index (Phi) is 3.13. The quantitative estimate of drug-likeness (QED) is 0.790. The monoisotopic (exact) mass is 229 g/mol. The third-order valence-electron chi connectivity index (χ3n) is 2.32. The van der Waals surface area contributed by atoms with Gasteiger partial charge < -0.3 is 5.32 Å². The van der Waals surface area contributed by atoms with Crippen LogP contribution in [0.15, 0.2) is 12.3 Å². The van der Waals surface area contributed by atoms with Gasteiger partial charge in [0.25, 0.3) is 0 Å². The zero-order chi connectivity index (χ0) is 9.97. The maximum absolute atomic E-state index is 5.70. The van der Waals surface area contributed by atoms with Crippen LogP contribution < -0.4 is 5.32 Å². The maximum atomic E-state index is 5.70. The summed E-state index contributed by atoms with van der Waals surface area (Å²) in [4.78, 5) is 7.95. The van der Waals surface area contributed by atoms with Crippen LogP contribution in [0.4, 0.5) is 5.82 Å². The molecule has 1 fully saturated rings. The Bertz CT molecular complexity index is 321. The summed E-state index contributed by atoms with van der Waals surface area (Å²) in [7, 11) is 0. The van der Waals surface area contributed by atoms with Crippen molar-refractivity contribution in [3.63, 3.8) is 0 Å². The first-order valence-electron chi connectivity index (χ1n) is 4.58. The Morgan fingerprint density at radius 3 is 3.07 bits per heavy atom. The van der Waals surface area contributed by atoms with Crippen LogP contribution in [-0.2, 0) is 0 Å². The van der Waals surface area contributed by atoms with Crippen LogP contribution in [0.5, 0.6) is 0 Å². The van der Waals surface area contributed by atoms with Gasteiger partial charge in [0.05, 0.1) is 0 Å². The molecule has 1 aliphatic heterocycles. The molecule has 0 aromatic carbocycles. The molecule has 0 bridgehead atoms. The third kappa shape index (κ3) is 2.30. The average molecular weight is 230 g/mol. The summed E-state index contributed by atoms with van der Waals surface area (Å²) in [5.74, 6) is 3.87. The molecule has 2 rings (SSSR count). The lowest BCUT2D eigenvalue weighted by molar-refractivity contribution is 0.597. The minimum atomic E-state index is 0.299. The van der Waals surface area contributed by atoms with Gasteiger partial charge in [0.2, 0.25) is 5.28 Å². The minimum absolute atomic E-state index is 0.299. The third-order valence-corrected chi connectivity index (χ3v) is 3.86. The van der Waals surface area contributed by atoms with Crippen molar-refractivity contribution >= 4 is 29.2 Å². The van der Waals surface area contributed by atoms with Crippen LogP contribution in [0.3, 0.4) is 0 Å². The number of nitrogens with zero attached hydrogens (tertiary/aromatic N) is 2. The van der Waals surface area contributed by atoms with Crippen LogP contribution >= 0.6 is 23.4 Å². The van der Waals surface area contributed by atoms with E-state index in [9.17, 15) is 0 Å². The summed E-state index contributed by atoms with van der Waals surface area (Å²) >= 11 is 7.67. The second-order valence-corrected chi connectivity index (χ2v) is 4.89. The van der Waals surface area contributed by atoms with Gasteiger partial charge in [-0.2, -0.15) is 11.8 Å². The number of hydrogen-bond acceptors (Lipinski definition) is 4. The number of anilines is 1. The van der Waals surface area contributed by atoms with Crippen LogP contribution in [0.25, 0.3) is 0 Å². The molecule has 2 atom stereocenters. The van der Waals surface area contributed by atoms with Crippen molar-refractivity contribution in [1.29, 1.82) is 0 Å². The van der Waals surface area contributed by atoms with Crippen molar-refractivity contribution in [2.45, 2.75) is 13.0 Å². The van der Waals surface area contributed by atoms with E-state index in [0.29, 0.717) is 17.2 Å². The van der Waals surface area contributed by atoms with Gasteiger partial charge in [0.15, 0.2) is 0 Å². The summed E-state index contributed by atoms with van der Waals surface area (Å²) in [5.41, 5.74) is 0. The molecule has 0 amide bonds. The molecule has 14 heavy (non-hydrogen) atoms. The molecule has 0 radical (unpaired) electrons. The smallest absolute Gasteiger partial charge is 0.224 e. The standard InChI is InChI=1S/C9H12ClN3S/c1-6-4-14-5-7(6)12-8-2-3-11-9(10)13-8/h2-3,6-7H,4-5H2,1H3,(H,11,12,13). The van der Waals surface area contributed by atoms with E-state index in [4.69, 9.17) is 11.6 Å². The summed E-state index contributed by atoms with van der Waals surface area (Å²) in [6.45, 7) is 2.25. The molecule has 0 aliphatic carbocycles. The number of nitrogens with one attached hydrogen (secondary N) is 1. The molecule has 1 aliphatic rings. The number of thioether (sulfide) groups is 1. The maximum Gasteiger partial charge on any atom is 0.224 e. The molecule has 3 nitrogen and oxygen atoms in total. The fraction of sp³-hybridized carbons (Fsp3) is 0.556. The molecule has 1 aromatic rings. The molecule has 2 unspecified atom stereocenters. The SMILES string of the molecule is CC1CSCC1Nc1ccnc(Cl)n1. The van der Waals surface area contributed by atoms with E-state index in [1.165, 1.54) is 5.75 Å². The van der Waals surface area contributed by atoms with Gasteiger partial charge >= 0.3 is 0 Å². The topological polar surface area (TPSA) is 37.8 Å². The molecule has 1 aromatic heterocycles.